The molecule has 1 heterocycles. The number of nitrogens with zero attached hydrogens (tertiary/aromatic N) is 2. The topological polar surface area (TPSA) is 56.7 Å². The molecule has 0 atom stereocenters. The van der Waals surface area contributed by atoms with Crippen molar-refractivity contribution in [1.82, 2.24) is 15.5 Å². The number of rotatable bonds is 4. The SMILES string of the molecule is CN=C(NCc1cc(F)ccc1Br)N1CCC(CC(=O)NC)CC1. The van der Waals surface area contributed by atoms with Gasteiger partial charge in [0, 0.05) is 44.6 Å². The lowest BCUT2D eigenvalue weighted by atomic mass is 9.93. The average molecular weight is 399 g/mol. The summed E-state index contributed by atoms with van der Waals surface area (Å²) in [6, 6.07) is 4.65. The van der Waals surface area contributed by atoms with E-state index in [2.05, 4.69) is 36.5 Å². The lowest BCUT2D eigenvalue weighted by Gasteiger charge is -2.34. The number of nitrogens with one attached hydrogen (secondary N) is 2. The summed E-state index contributed by atoms with van der Waals surface area (Å²) in [6.07, 6.45) is 2.53. The molecule has 0 saturated carbocycles. The zero-order valence-corrected chi connectivity index (χ0v) is 15.7. The quantitative estimate of drug-likeness (QED) is 0.605. The van der Waals surface area contributed by atoms with Crippen LogP contribution >= 0.6 is 15.9 Å². The number of amides is 1. The molecule has 1 aliphatic heterocycles. The van der Waals surface area contributed by atoms with E-state index in [1.54, 1.807) is 20.2 Å². The first-order chi connectivity index (χ1) is 11.5. The lowest BCUT2D eigenvalue weighted by Crippen LogP contribution is -2.45. The third-order valence-corrected chi connectivity index (χ3v) is 5.10. The largest absolute Gasteiger partial charge is 0.359 e. The van der Waals surface area contributed by atoms with Gasteiger partial charge in [-0.3, -0.25) is 9.79 Å². The van der Waals surface area contributed by atoms with E-state index in [9.17, 15) is 9.18 Å². The van der Waals surface area contributed by atoms with Crippen LogP contribution in [-0.4, -0.2) is 44.0 Å². The van der Waals surface area contributed by atoms with Crippen molar-refractivity contribution in [3.8, 4) is 0 Å². The Labute approximate surface area is 150 Å². The van der Waals surface area contributed by atoms with Crippen molar-refractivity contribution in [3.05, 3.63) is 34.1 Å². The molecule has 1 aromatic carbocycles. The maximum Gasteiger partial charge on any atom is 0.220 e. The van der Waals surface area contributed by atoms with E-state index >= 15 is 0 Å². The highest BCUT2D eigenvalue weighted by atomic mass is 79.9. The summed E-state index contributed by atoms with van der Waals surface area (Å²) >= 11 is 3.44. The Morgan fingerprint density at radius 3 is 2.75 bits per heavy atom. The van der Waals surface area contributed by atoms with Gasteiger partial charge in [-0.15, -0.1) is 0 Å². The summed E-state index contributed by atoms with van der Waals surface area (Å²) in [7, 11) is 3.42. The minimum absolute atomic E-state index is 0.104. The van der Waals surface area contributed by atoms with Crippen LogP contribution in [0, 0.1) is 11.7 Å². The minimum Gasteiger partial charge on any atom is -0.359 e. The zero-order chi connectivity index (χ0) is 17.5. The fourth-order valence-electron chi connectivity index (χ4n) is 2.90. The molecule has 0 aliphatic carbocycles. The molecule has 1 amide bonds. The van der Waals surface area contributed by atoms with Gasteiger partial charge in [0.15, 0.2) is 5.96 Å². The Morgan fingerprint density at radius 1 is 1.42 bits per heavy atom. The van der Waals surface area contributed by atoms with Gasteiger partial charge in [-0.25, -0.2) is 4.39 Å². The van der Waals surface area contributed by atoms with Crippen molar-refractivity contribution in [1.29, 1.82) is 0 Å². The smallest absolute Gasteiger partial charge is 0.220 e. The summed E-state index contributed by atoms with van der Waals surface area (Å²) in [5.74, 6) is 1.09. The lowest BCUT2D eigenvalue weighted by molar-refractivity contribution is -0.121. The normalized spacial score (nSPS) is 16.2. The van der Waals surface area contributed by atoms with E-state index < -0.39 is 0 Å². The van der Waals surface area contributed by atoms with Crippen LogP contribution in [0.15, 0.2) is 27.7 Å². The van der Waals surface area contributed by atoms with Crippen LogP contribution in [0.1, 0.15) is 24.8 Å². The molecule has 1 saturated heterocycles. The van der Waals surface area contributed by atoms with Crippen molar-refractivity contribution < 1.29 is 9.18 Å². The number of piperidine rings is 1. The van der Waals surface area contributed by atoms with Crippen LogP contribution in [0.3, 0.4) is 0 Å². The number of guanidine groups is 1. The molecule has 5 nitrogen and oxygen atoms in total. The Hall–Kier alpha value is -1.63. The third-order valence-electron chi connectivity index (χ3n) is 4.32. The maximum atomic E-state index is 13.4. The number of carbonyl (C=O) groups is 1. The second-order valence-corrected chi connectivity index (χ2v) is 6.80. The highest BCUT2D eigenvalue weighted by Gasteiger charge is 2.23. The Morgan fingerprint density at radius 2 is 2.12 bits per heavy atom. The number of halogens is 2. The molecule has 1 fully saturated rings. The molecule has 1 aromatic rings. The minimum atomic E-state index is -0.250. The Kier molecular flexibility index (Phi) is 7.02. The van der Waals surface area contributed by atoms with Crippen LogP contribution in [0.25, 0.3) is 0 Å². The fourth-order valence-corrected chi connectivity index (χ4v) is 3.29. The van der Waals surface area contributed by atoms with Gasteiger partial charge in [-0.1, -0.05) is 15.9 Å². The molecule has 1 aliphatic rings. The van der Waals surface area contributed by atoms with Gasteiger partial charge >= 0.3 is 0 Å². The molecule has 2 N–H and O–H groups in total. The summed E-state index contributed by atoms with van der Waals surface area (Å²) in [5, 5.41) is 5.97. The van der Waals surface area contributed by atoms with Crippen LogP contribution in [0.2, 0.25) is 0 Å². The van der Waals surface area contributed by atoms with Gasteiger partial charge in [0.05, 0.1) is 0 Å². The van der Waals surface area contributed by atoms with Gasteiger partial charge in [0.25, 0.3) is 0 Å². The summed E-state index contributed by atoms with van der Waals surface area (Å²) < 4.78 is 14.2. The molecule has 24 heavy (non-hydrogen) atoms. The van der Waals surface area contributed by atoms with E-state index in [1.165, 1.54) is 12.1 Å². The monoisotopic (exact) mass is 398 g/mol. The number of hydrogen-bond donors (Lipinski definition) is 2. The van der Waals surface area contributed by atoms with Gasteiger partial charge in [0.2, 0.25) is 5.91 Å². The standard InChI is InChI=1S/C17H24BrFN4O/c1-20-16(24)9-12-5-7-23(8-6-12)17(21-2)22-11-13-10-14(19)3-4-15(13)18/h3-4,10,12H,5-9,11H2,1-2H3,(H,20,24)(H,21,22). The molecule has 0 radical (unpaired) electrons. The van der Waals surface area contributed by atoms with Gasteiger partial charge in [0.1, 0.15) is 5.82 Å². The van der Waals surface area contributed by atoms with E-state index in [4.69, 9.17) is 0 Å². The second-order valence-electron chi connectivity index (χ2n) is 5.94. The van der Waals surface area contributed by atoms with Crippen LogP contribution < -0.4 is 10.6 Å². The second kappa shape index (κ2) is 9.01. The van der Waals surface area contributed by atoms with Crippen LogP contribution in [0.4, 0.5) is 4.39 Å². The average Bonchev–Trinajstić information content (AvgIpc) is 2.59. The van der Waals surface area contributed by atoms with Crippen molar-refractivity contribution in [2.45, 2.75) is 25.8 Å². The molecule has 0 aromatic heterocycles. The van der Waals surface area contributed by atoms with Crippen LogP contribution in [-0.2, 0) is 11.3 Å². The molecule has 0 bridgehead atoms. The zero-order valence-electron chi connectivity index (χ0n) is 14.1. The predicted octanol–water partition coefficient (Wildman–Crippen LogP) is 2.51. The third kappa shape index (κ3) is 5.19. The number of carbonyl (C=O) groups excluding carboxylic acids is 1. The van der Waals surface area contributed by atoms with Gasteiger partial charge in [-0.05, 0) is 42.5 Å². The Bertz CT molecular complexity index is 600. The maximum absolute atomic E-state index is 13.4. The van der Waals surface area contributed by atoms with E-state index in [0.717, 1.165) is 41.9 Å². The van der Waals surface area contributed by atoms with Crippen molar-refractivity contribution in [3.63, 3.8) is 0 Å². The number of likely N-dealkylation sites (tertiary alicyclic amines) is 1. The Balaban J connectivity index is 1.87. The van der Waals surface area contributed by atoms with Crippen molar-refractivity contribution >= 4 is 27.8 Å². The van der Waals surface area contributed by atoms with Gasteiger partial charge in [-0.2, -0.15) is 0 Å². The highest BCUT2D eigenvalue weighted by Crippen LogP contribution is 2.21. The molecule has 0 spiro atoms. The molecule has 7 heteroatoms. The van der Waals surface area contributed by atoms with E-state index in [-0.39, 0.29) is 11.7 Å². The van der Waals surface area contributed by atoms with Crippen molar-refractivity contribution in [2.75, 3.05) is 27.2 Å². The predicted molar refractivity (Wildman–Crippen MR) is 97.3 cm³/mol. The number of aliphatic imine (C=N–C) groups is 1. The van der Waals surface area contributed by atoms with Crippen molar-refractivity contribution in [2.24, 2.45) is 10.9 Å². The first-order valence-electron chi connectivity index (χ1n) is 8.13. The molecule has 0 unspecified atom stereocenters. The molecular weight excluding hydrogens is 375 g/mol. The summed E-state index contributed by atoms with van der Waals surface area (Å²) in [6.45, 7) is 2.24. The summed E-state index contributed by atoms with van der Waals surface area (Å²) in [5.41, 5.74) is 0.852. The van der Waals surface area contributed by atoms with E-state index in [0.29, 0.717) is 18.9 Å². The fraction of sp³-hybridized carbons (Fsp3) is 0.529. The first-order valence-corrected chi connectivity index (χ1v) is 8.93. The molecular formula is C17H24BrFN4O. The number of hydrogen-bond acceptors (Lipinski definition) is 2. The highest BCUT2D eigenvalue weighted by molar-refractivity contribution is 9.10. The number of benzene rings is 1. The van der Waals surface area contributed by atoms with Gasteiger partial charge < -0.3 is 15.5 Å². The first kappa shape index (κ1) is 18.7. The molecule has 132 valence electrons. The van der Waals surface area contributed by atoms with E-state index in [1.807, 2.05) is 0 Å². The summed E-state index contributed by atoms with van der Waals surface area (Å²) in [4.78, 5) is 18.0. The van der Waals surface area contributed by atoms with Crippen LogP contribution in [0.5, 0.6) is 0 Å². The molecule has 2 rings (SSSR count).